The Morgan fingerprint density at radius 2 is 2.18 bits per heavy atom. The van der Waals surface area contributed by atoms with Crippen molar-refractivity contribution in [2.24, 2.45) is 7.05 Å². The highest BCUT2D eigenvalue weighted by molar-refractivity contribution is 7.09. The van der Waals surface area contributed by atoms with Crippen LogP contribution >= 0.6 is 11.3 Å². The van der Waals surface area contributed by atoms with E-state index in [1.807, 2.05) is 27.2 Å². The summed E-state index contributed by atoms with van der Waals surface area (Å²) in [5, 5.41) is 14.6. The summed E-state index contributed by atoms with van der Waals surface area (Å²) in [6.07, 6.45) is 3.76. The molecule has 0 radical (unpaired) electrons. The van der Waals surface area contributed by atoms with Crippen molar-refractivity contribution < 1.29 is 0 Å². The summed E-state index contributed by atoms with van der Waals surface area (Å²) < 4.78 is 1.73. The average molecular weight is 251 g/mol. The molecule has 1 N–H and O–H groups in total. The van der Waals surface area contributed by atoms with Gasteiger partial charge in [-0.25, -0.2) is 4.98 Å². The fraction of sp³-hybridized carbons (Fsp3) is 0.545. The lowest BCUT2D eigenvalue weighted by Crippen LogP contribution is -2.30. The third kappa shape index (κ3) is 3.34. The van der Waals surface area contributed by atoms with Crippen LogP contribution in [0.15, 0.2) is 11.6 Å². The quantitative estimate of drug-likeness (QED) is 0.860. The number of hydrogen-bond donors (Lipinski definition) is 1. The highest BCUT2D eigenvalue weighted by atomic mass is 32.1. The van der Waals surface area contributed by atoms with Gasteiger partial charge in [0.2, 0.25) is 0 Å². The molecule has 0 spiro atoms. The molecule has 0 aliphatic carbocycles. The minimum atomic E-state index is 0.355. The molecular formula is C11H17N5S. The molecule has 2 rings (SSSR count). The predicted octanol–water partition coefficient (Wildman–Crippen LogP) is 0.953. The standard InChI is InChI=1S/C11H17N5S/c1-8-13-11(7-17-8)5-9(12-2)4-10-6-16(3)15-14-10/h6-7,9,12H,4-5H2,1-3H3. The van der Waals surface area contributed by atoms with Crippen LogP contribution in [0, 0.1) is 6.92 Å². The number of aromatic nitrogens is 4. The van der Waals surface area contributed by atoms with E-state index in [9.17, 15) is 0 Å². The van der Waals surface area contributed by atoms with Crippen molar-refractivity contribution in [2.75, 3.05) is 7.05 Å². The Balaban J connectivity index is 1.97. The molecule has 0 amide bonds. The normalized spacial score (nSPS) is 12.9. The van der Waals surface area contributed by atoms with E-state index >= 15 is 0 Å². The number of thiazole rings is 1. The van der Waals surface area contributed by atoms with Gasteiger partial charge in [0.1, 0.15) is 0 Å². The van der Waals surface area contributed by atoms with Crippen LogP contribution in [0.3, 0.4) is 0 Å². The van der Waals surface area contributed by atoms with Gasteiger partial charge in [0.05, 0.1) is 16.4 Å². The van der Waals surface area contributed by atoms with Gasteiger partial charge in [-0.1, -0.05) is 5.21 Å². The molecule has 5 nitrogen and oxygen atoms in total. The number of rotatable bonds is 5. The molecular weight excluding hydrogens is 234 g/mol. The summed E-state index contributed by atoms with van der Waals surface area (Å²) in [4.78, 5) is 4.48. The van der Waals surface area contributed by atoms with Crippen LogP contribution in [0.2, 0.25) is 0 Å². The summed E-state index contributed by atoms with van der Waals surface area (Å²) in [7, 11) is 3.86. The van der Waals surface area contributed by atoms with Gasteiger partial charge in [0.15, 0.2) is 0 Å². The third-order valence-corrected chi connectivity index (χ3v) is 3.46. The molecule has 0 aliphatic rings. The summed E-state index contributed by atoms with van der Waals surface area (Å²) in [5.74, 6) is 0. The molecule has 0 aromatic carbocycles. The fourth-order valence-electron chi connectivity index (χ4n) is 1.77. The molecule has 0 bridgehead atoms. The first-order valence-electron chi connectivity index (χ1n) is 5.61. The van der Waals surface area contributed by atoms with Crippen molar-refractivity contribution in [3.63, 3.8) is 0 Å². The van der Waals surface area contributed by atoms with Crippen molar-refractivity contribution >= 4 is 11.3 Å². The molecule has 0 saturated heterocycles. The minimum absolute atomic E-state index is 0.355. The molecule has 6 heteroatoms. The fourth-order valence-corrected chi connectivity index (χ4v) is 2.40. The van der Waals surface area contributed by atoms with Gasteiger partial charge < -0.3 is 5.32 Å². The Morgan fingerprint density at radius 1 is 1.41 bits per heavy atom. The topological polar surface area (TPSA) is 55.6 Å². The lowest BCUT2D eigenvalue weighted by Gasteiger charge is -2.12. The Labute approximate surface area is 105 Å². The summed E-state index contributed by atoms with van der Waals surface area (Å²) in [5.41, 5.74) is 2.16. The summed E-state index contributed by atoms with van der Waals surface area (Å²) in [6, 6.07) is 0.355. The first-order chi connectivity index (χ1) is 8.17. The Kier molecular flexibility index (Phi) is 3.86. The molecule has 17 heavy (non-hydrogen) atoms. The van der Waals surface area contributed by atoms with Gasteiger partial charge in [-0.15, -0.1) is 16.4 Å². The minimum Gasteiger partial charge on any atom is -0.316 e. The zero-order valence-electron chi connectivity index (χ0n) is 10.3. The van der Waals surface area contributed by atoms with E-state index in [0.717, 1.165) is 29.2 Å². The van der Waals surface area contributed by atoms with Crippen molar-refractivity contribution in [2.45, 2.75) is 25.8 Å². The number of hydrogen-bond acceptors (Lipinski definition) is 5. The Bertz CT molecular complexity index is 433. The zero-order chi connectivity index (χ0) is 12.3. The largest absolute Gasteiger partial charge is 0.316 e. The van der Waals surface area contributed by atoms with Crippen molar-refractivity contribution in [3.05, 3.63) is 28.0 Å². The monoisotopic (exact) mass is 251 g/mol. The Morgan fingerprint density at radius 3 is 2.71 bits per heavy atom. The number of likely N-dealkylation sites (N-methyl/N-ethyl adjacent to an activating group) is 1. The molecule has 0 fully saturated rings. The summed E-state index contributed by atoms with van der Waals surface area (Å²) >= 11 is 1.70. The second-order valence-corrected chi connectivity index (χ2v) is 5.20. The smallest absolute Gasteiger partial charge is 0.0897 e. The Hall–Kier alpha value is -1.27. The van der Waals surface area contributed by atoms with Crippen LogP contribution in [-0.2, 0) is 19.9 Å². The first kappa shape index (κ1) is 12.2. The molecule has 2 aromatic heterocycles. The van der Waals surface area contributed by atoms with Crippen molar-refractivity contribution in [1.29, 1.82) is 0 Å². The number of aryl methyl sites for hydroxylation is 2. The molecule has 0 aliphatic heterocycles. The van der Waals surface area contributed by atoms with Crippen molar-refractivity contribution in [1.82, 2.24) is 25.3 Å². The van der Waals surface area contributed by atoms with Crippen LogP contribution in [0.25, 0.3) is 0 Å². The van der Waals surface area contributed by atoms with Crippen molar-refractivity contribution in [3.8, 4) is 0 Å². The number of nitrogens with one attached hydrogen (secondary N) is 1. The van der Waals surface area contributed by atoms with Gasteiger partial charge in [-0.2, -0.15) is 0 Å². The molecule has 1 unspecified atom stereocenters. The molecule has 0 saturated carbocycles. The van der Waals surface area contributed by atoms with Gasteiger partial charge in [0, 0.05) is 37.5 Å². The van der Waals surface area contributed by atoms with E-state index in [2.05, 4.69) is 26.0 Å². The third-order valence-electron chi connectivity index (χ3n) is 2.64. The maximum Gasteiger partial charge on any atom is 0.0897 e. The highest BCUT2D eigenvalue weighted by Gasteiger charge is 2.12. The summed E-state index contributed by atoms with van der Waals surface area (Å²) in [6.45, 7) is 2.03. The van der Waals surface area contributed by atoms with Crippen LogP contribution in [0.1, 0.15) is 16.4 Å². The predicted molar refractivity (Wildman–Crippen MR) is 68.1 cm³/mol. The SMILES string of the molecule is CNC(Cc1cn(C)nn1)Cc1csc(C)n1. The van der Waals surface area contributed by atoms with E-state index in [4.69, 9.17) is 0 Å². The molecule has 2 heterocycles. The second kappa shape index (κ2) is 5.37. The van der Waals surface area contributed by atoms with Gasteiger partial charge >= 0.3 is 0 Å². The van der Waals surface area contributed by atoms with Crippen LogP contribution < -0.4 is 5.32 Å². The van der Waals surface area contributed by atoms with Crippen LogP contribution in [0.4, 0.5) is 0 Å². The van der Waals surface area contributed by atoms with E-state index in [0.29, 0.717) is 6.04 Å². The first-order valence-corrected chi connectivity index (χ1v) is 6.49. The number of nitrogens with zero attached hydrogens (tertiary/aromatic N) is 4. The lowest BCUT2D eigenvalue weighted by atomic mass is 10.1. The molecule has 92 valence electrons. The highest BCUT2D eigenvalue weighted by Crippen LogP contribution is 2.11. The van der Waals surface area contributed by atoms with Gasteiger partial charge in [0.25, 0.3) is 0 Å². The van der Waals surface area contributed by atoms with E-state index < -0.39 is 0 Å². The molecule has 2 aromatic rings. The second-order valence-electron chi connectivity index (χ2n) is 4.14. The lowest BCUT2D eigenvalue weighted by molar-refractivity contribution is 0.544. The maximum absolute atomic E-state index is 4.48. The van der Waals surface area contributed by atoms with E-state index in [1.165, 1.54) is 0 Å². The average Bonchev–Trinajstić information content (AvgIpc) is 2.87. The maximum atomic E-state index is 4.48. The van der Waals surface area contributed by atoms with Gasteiger partial charge in [-0.05, 0) is 14.0 Å². The van der Waals surface area contributed by atoms with E-state index in [-0.39, 0.29) is 0 Å². The molecule has 1 atom stereocenters. The zero-order valence-corrected chi connectivity index (χ0v) is 11.2. The van der Waals surface area contributed by atoms with E-state index in [1.54, 1.807) is 16.0 Å². The van der Waals surface area contributed by atoms with Gasteiger partial charge in [-0.3, -0.25) is 4.68 Å². The van der Waals surface area contributed by atoms with Crippen LogP contribution in [-0.4, -0.2) is 33.1 Å². The van der Waals surface area contributed by atoms with Crippen LogP contribution in [0.5, 0.6) is 0 Å².